The lowest BCUT2D eigenvalue weighted by molar-refractivity contribution is -0.122. The predicted molar refractivity (Wildman–Crippen MR) is 202 cm³/mol. The van der Waals surface area contributed by atoms with E-state index in [9.17, 15) is 18.4 Å². The number of hydrogen-bond acceptors (Lipinski definition) is 6. The van der Waals surface area contributed by atoms with E-state index in [0.717, 1.165) is 33.6 Å². The summed E-state index contributed by atoms with van der Waals surface area (Å²) in [7, 11) is 2.82. The largest absolute Gasteiger partial charge is 0.494 e. The van der Waals surface area contributed by atoms with Crippen LogP contribution in [0.4, 0.5) is 20.2 Å². The summed E-state index contributed by atoms with van der Waals surface area (Å²) in [5, 5.41) is 2.87. The molecule has 10 heteroatoms. The van der Waals surface area contributed by atoms with E-state index in [2.05, 4.69) is 5.32 Å². The summed E-state index contributed by atoms with van der Waals surface area (Å²) in [5.74, 6) is -0.305. The number of halogens is 2. The molecule has 0 aliphatic carbocycles. The second kappa shape index (κ2) is 13.0. The summed E-state index contributed by atoms with van der Waals surface area (Å²) in [5.41, 5.74) is 4.57. The highest BCUT2D eigenvalue weighted by Crippen LogP contribution is 2.56. The van der Waals surface area contributed by atoms with E-state index < -0.39 is 22.5 Å². The Balaban J connectivity index is 0.000000161. The Hall–Kier alpha value is -6.68. The zero-order valence-electron chi connectivity index (χ0n) is 29.8. The van der Waals surface area contributed by atoms with E-state index in [-0.39, 0.29) is 42.6 Å². The fraction of sp³-hybridized carbons (Fsp3) is 0.156. The number of carbonyl (C=O) groups is 2. The Morgan fingerprint density at radius 2 is 1.11 bits per heavy atom. The second-order valence-corrected chi connectivity index (χ2v) is 13.8. The molecule has 0 saturated carbocycles. The third-order valence-corrected chi connectivity index (χ3v) is 11.0. The number of anilines is 2. The average molecular weight is 737 g/mol. The van der Waals surface area contributed by atoms with Gasteiger partial charge in [-0.15, -0.1) is 0 Å². The molecule has 6 aromatic carbocycles. The summed E-state index contributed by atoms with van der Waals surface area (Å²) in [6, 6.07) is 40.7. The number of fused-ring (bicyclic) bond motifs is 8. The fourth-order valence-corrected chi connectivity index (χ4v) is 8.44. The second-order valence-electron chi connectivity index (χ2n) is 13.8. The first kappa shape index (κ1) is 34.1. The van der Waals surface area contributed by atoms with Crippen molar-refractivity contribution in [3.05, 3.63) is 178 Å². The Morgan fingerprint density at radius 3 is 1.69 bits per heavy atom. The molecule has 0 aromatic heterocycles. The lowest BCUT2D eigenvalue weighted by Gasteiger charge is -2.31. The molecule has 2 spiro atoms. The number of hydrogen-bond donors (Lipinski definition) is 1. The third kappa shape index (κ3) is 5.01. The smallest absolute Gasteiger partial charge is 0.246 e. The van der Waals surface area contributed by atoms with Gasteiger partial charge in [0.1, 0.15) is 35.5 Å². The number of benzene rings is 6. The SMILES string of the molecule is COc1cc2c(cc1F)OCC21C(=O)N(C(c2ccccc2)c2ccccc2)c2ccccc21.COc1cc2c(cc1F)OCC21C(=O)Nc2ccccc21. The minimum absolute atomic E-state index is 0.0926. The van der Waals surface area contributed by atoms with E-state index >= 15 is 0 Å². The van der Waals surface area contributed by atoms with Crippen molar-refractivity contribution >= 4 is 23.2 Å². The topological polar surface area (TPSA) is 86.3 Å². The lowest BCUT2D eigenvalue weighted by Crippen LogP contribution is -2.44. The van der Waals surface area contributed by atoms with E-state index in [4.69, 9.17) is 18.9 Å². The summed E-state index contributed by atoms with van der Waals surface area (Å²) in [6.45, 7) is 0.273. The maximum atomic E-state index is 14.5. The minimum atomic E-state index is -1.07. The molecule has 4 heterocycles. The molecule has 1 N–H and O–H groups in total. The Bertz CT molecular complexity index is 2460. The van der Waals surface area contributed by atoms with E-state index in [0.29, 0.717) is 22.6 Å². The van der Waals surface area contributed by atoms with Crippen molar-refractivity contribution in [2.24, 2.45) is 0 Å². The standard InChI is InChI=1S/C29H22FNO3.C16H12FNO3/c1-33-26-16-22-25(17-23(26)30)34-18-29(22)21-14-8-9-15-24(21)31(28(29)32)27(19-10-4-2-5-11-19)20-12-6-3-7-13-20;1-20-14-6-10-13(7-11(14)17)21-8-16(10)9-4-2-3-5-12(9)18-15(16)19/h2-17,27H,18H2,1H3;2-7H,8H2,1H3,(H,18,19). The molecular weight excluding hydrogens is 702 g/mol. The van der Waals surface area contributed by atoms with Gasteiger partial charge in [-0.25, -0.2) is 8.78 Å². The van der Waals surface area contributed by atoms with E-state index in [1.807, 2.05) is 114 Å². The number of rotatable bonds is 5. The molecule has 0 fully saturated rings. The molecule has 8 nitrogen and oxygen atoms in total. The monoisotopic (exact) mass is 736 g/mol. The molecule has 2 atom stereocenters. The Kier molecular flexibility index (Phi) is 8.07. The van der Waals surface area contributed by atoms with Crippen molar-refractivity contribution < 1.29 is 37.3 Å². The molecule has 4 aliphatic rings. The number of nitrogens with zero attached hydrogens (tertiary/aromatic N) is 1. The van der Waals surface area contributed by atoms with Crippen LogP contribution in [0.1, 0.15) is 39.4 Å². The van der Waals surface area contributed by atoms with Crippen LogP contribution in [0.2, 0.25) is 0 Å². The van der Waals surface area contributed by atoms with Crippen LogP contribution in [-0.2, 0) is 20.4 Å². The predicted octanol–water partition coefficient (Wildman–Crippen LogP) is 8.11. The van der Waals surface area contributed by atoms with Crippen LogP contribution in [0.5, 0.6) is 23.0 Å². The molecule has 55 heavy (non-hydrogen) atoms. The molecule has 274 valence electrons. The highest BCUT2D eigenvalue weighted by molar-refractivity contribution is 6.12. The molecule has 4 aliphatic heterocycles. The van der Waals surface area contributed by atoms with Crippen LogP contribution < -0.4 is 29.2 Å². The zero-order valence-corrected chi connectivity index (χ0v) is 29.8. The number of carbonyl (C=O) groups excluding carboxylic acids is 2. The highest BCUT2D eigenvalue weighted by atomic mass is 19.1. The summed E-state index contributed by atoms with van der Waals surface area (Å²) < 4.78 is 50.1. The van der Waals surface area contributed by atoms with Gasteiger partial charge in [-0.2, -0.15) is 0 Å². The molecule has 2 unspecified atom stereocenters. The van der Waals surface area contributed by atoms with Gasteiger partial charge in [0.2, 0.25) is 11.8 Å². The molecule has 0 saturated heterocycles. The van der Waals surface area contributed by atoms with Crippen molar-refractivity contribution in [2.75, 3.05) is 37.7 Å². The first-order valence-electron chi connectivity index (χ1n) is 17.8. The van der Waals surface area contributed by atoms with Crippen molar-refractivity contribution in [2.45, 2.75) is 16.9 Å². The van der Waals surface area contributed by atoms with E-state index in [1.165, 1.54) is 26.4 Å². The van der Waals surface area contributed by atoms with Crippen molar-refractivity contribution in [1.29, 1.82) is 0 Å². The molecule has 0 radical (unpaired) electrons. The molecule has 0 bridgehead atoms. The van der Waals surface area contributed by atoms with Crippen LogP contribution in [-0.4, -0.2) is 39.2 Å². The van der Waals surface area contributed by atoms with Gasteiger partial charge in [0, 0.05) is 34.6 Å². The first-order valence-corrected chi connectivity index (χ1v) is 17.8. The molecule has 2 amide bonds. The lowest BCUT2D eigenvalue weighted by atomic mass is 9.77. The maximum Gasteiger partial charge on any atom is 0.246 e. The van der Waals surface area contributed by atoms with Crippen molar-refractivity contribution in [3.63, 3.8) is 0 Å². The van der Waals surface area contributed by atoms with Gasteiger partial charge in [0.05, 0.1) is 20.3 Å². The van der Waals surface area contributed by atoms with Crippen molar-refractivity contribution in [3.8, 4) is 23.0 Å². The maximum absolute atomic E-state index is 14.5. The van der Waals surface area contributed by atoms with Gasteiger partial charge < -0.3 is 24.3 Å². The van der Waals surface area contributed by atoms with Crippen LogP contribution in [0.25, 0.3) is 0 Å². The quantitative estimate of drug-likeness (QED) is 0.193. The number of para-hydroxylation sites is 2. The van der Waals surface area contributed by atoms with Gasteiger partial charge in [-0.3, -0.25) is 14.5 Å². The minimum Gasteiger partial charge on any atom is -0.494 e. The van der Waals surface area contributed by atoms with Gasteiger partial charge in [-0.05, 0) is 46.5 Å². The number of methoxy groups -OCH3 is 2. The Labute approximate surface area is 315 Å². The molecule has 10 rings (SSSR count). The van der Waals surface area contributed by atoms with Crippen LogP contribution in [0.15, 0.2) is 133 Å². The first-order chi connectivity index (χ1) is 26.8. The fourth-order valence-electron chi connectivity index (χ4n) is 8.44. The summed E-state index contributed by atoms with van der Waals surface area (Å²) >= 11 is 0. The van der Waals surface area contributed by atoms with Crippen LogP contribution in [0.3, 0.4) is 0 Å². The van der Waals surface area contributed by atoms with E-state index in [1.54, 1.807) is 12.1 Å². The molecule has 6 aromatic rings. The van der Waals surface area contributed by atoms with Crippen LogP contribution >= 0.6 is 0 Å². The van der Waals surface area contributed by atoms with Crippen LogP contribution in [0, 0.1) is 11.6 Å². The van der Waals surface area contributed by atoms with Gasteiger partial charge in [-0.1, -0.05) is 97.1 Å². The summed E-state index contributed by atoms with van der Waals surface area (Å²) in [4.78, 5) is 29.0. The van der Waals surface area contributed by atoms with Crippen molar-refractivity contribution in [1.82, 2.24) is 0 Å². The van der Waals surface area contributed by atoms with Gasteiger partial charge >= 0.3 is 0 Å². The normalized spacial score (nSPS) is 19.5. The summed E-state index contributed by atoms with van der Waals surface area (Å²) in [6.07, 6.45) is 0. The number of amides is 2. The third-order valence-electron chi connectivity index (χ3n) is 11.0. The Morgan fingerprint density at radius 1 is 0.618 bits per heavy atom. The van der Waals surface area contributed by atoms with Gasteiger partial charge in [0.15, 0.2) is 23.1 Å². The number of nitrogens with one attached hydrogen (secondary N) is 1. The zero-order chi connectivity index (χ0) is 37.9. The highest BCUT2D eigenvalue weighted by Gasteiger charge is 2.59. The molecular formula is C45H34F2N2O6. The average Bonchev–Trinajstić information content (AvgIpc) is 3.93. The number of ether oxygens (including phenoxy) is 4. The van der Waals surface area contributed by atoms with Gasteiger partial charge in [0.25, 0.3) is 0 Å².